The summed E-state index contributed by atoms with van der Waals surface area (Å²) in [4.78, 5) is 22.7. The summed E-state index contributed by atoms with van der Waals surface area (Å²) in [6, 6.07) is 21.0. The smallest absolute Gasteiger partial charge is 0.280 e. The molecule has 0 bridgehead atoms. The second-order valence-electron chi connectivity index (χ2n) is 8.89. The van der Waals surface area contributed by atoms with Crippen molar-refractivity contribution in [3.63, 3.8) is 0 Å². The molecule has 33 heavy (non-hydrogen) atoms. The fraction of sp³-hybridized carbons (Fsp3) is 0.292. The number of anilines is 1. The zero-order valence-electron chi connectivity index (χ0n) is 19.1. The topological polar surface area (TPSA) is 108 Å². The Hall–Kier alpha value is -3.27. The van der Waals surface area contributed by atoms with E-state index in [0.29, 0.717) is 18.9 Å². The van der Waals surface area contributed by atoms with Gasteiger partial charge in [0.2, 0.25) is 5.95 Å². The van der Waals surface area contributed by atoms with Crippen LogP contribution < -0.4 is 21.7 Å². The number of benzene rings is 2. The maximum Gasteiger partial charge on any atom is 0.280 e. The molecule has 0 saturated heterocycles. The zero-order valence-corrected chi connectivity index (χ0v) is 20.1. The first-order valence-corrected chi connectivity index (χ1v) is 12.8. The molecule has 0 radical (unpaired) electrons. The average Bonchev–Trinajstić information content (AvgIpc) is 3.19. The van der Waals surface area contributed by atoms with Gasteiger partial charge in [-0.2, -0.15) is 4.98 Å². The Bertz CT molecular complexity index is 1230. The average molecular weight is 464 g/mol. The maximum atomic E-state index is 12.0. The summed E-state index contributed by atoms with van der Waals surface area (Å²) in [5.74, 6) is 0.0456. The van der Waals surface area contributed by atoms with Crippen molar-refractivity contribution in [1.82, 2.24) is 19.5 Å². The van der Waals surface area contributed by atoms with Gasteiger partial charge in [0.1, 0.15) is 6.73 Å². The molecule has 0 spiro atoms. The van der Waals surface area contributed by atoms with Gasteiger partial charge in [0, 0.05) is 0 Å². The van der Waals surface area contributed by atoms with Crippen LogP contribution in [0.15, 0.2) is 71.8 Å². The number of hydrogen-bond donors (Lipinski definition) is 2. The number of ether oxygens (including phenoxy) is 1. The van der Waals surface area contributed by atoms with Gasteiger partial charge in [-0.1, -0.05) is 81.4 Å². The monoisotopic (exact) mass is 463 g/mol. The number of nitrogens with zero attached hydrogens (tertiary/aromatic N) is 3. The molecule has 4 rings (SSSR count). The number of aromatic nitrogens is 4. The number of fused-ring (bicyclic) bond motifs is 1. The summed E-state index contributed by atoms with van der Waals surface area (Å²) in [6.45, 7) is 7.72. The molecule has 2 aromatic heterocycles. The third-order valence-electron chi connectivity index (χ3n) is 5.69. The molecule has 0 aliphatic heterocycles. The fourth-order valence-corrected chi connectivity index (χ4v) is 8.79. The molecule has 2 heterocycles. The molecule has 172 valence electrons. The third kappa shape index (κ3) is 4.47. The van der Waals surface area contributed by atoms with E-state index < -0.39 is 8.32 Å². The molecule has 0 saturated carbocycles. The summed E-state index contributed by atoms with van der Waals surface area (Å²) < 4.78 is 14.3. The van der Waals surface area contributed by atoms with Gasteiger partial charge in [-0.05, 0) is 15.4 Å². The summed E-state index contributed by atoms with van der Waals surface area (Å²) in [5, 5.41) is 2.35. The largest absolute Gasteiger partial charge is 0.405 e. The molecule has 0 unspecified atom stereocenters. The van der Waals surface area contributed by atoms with Crippen LogP contribution in [0.5, 0.6) is 0 Å². The molecule has 0 aliphatic rings. The van der Waals surface area contributed by atoms with Crippen molar-refractivity contribution in [1.29, 1.82) is 0 Å². The minimum atomic E-state index is -2.60. The Morgan fingerprint density at radius 2 is 1.61 bits per heavy atom. The molecular weight excluding hydrogens is 434 g/mol. The second-order valence-corrected chi connectivity index (χ2v) is 13.2. The van der Waals surface area contributed by atoms with Crippen molar-refractivity contribution < 1.29 is 9.16 Å². The van der Waals surface area contributed by atoms with Gasteiger partial charge in [0.05, 0.1) is 19.5 Å². The standard InChI is InChI=1S/C24H29N5O3Si/c1-24(2,3)33(18-10-6-4-7-11-18,19-12-8-5-9-13-19)32-15-14-31-17-29-16-26-20-21(29)27-23(25)28-22(20)30/h4-13,16H,14-15,17H2,1-3H3,(H3,25,27,28,30). The van der Waals surface area contributed by atoms with E-state index in [-0.39, 0.29) is 28.8 Å². The molecule has 8 nitrogen and oxygen atoms in total. The molecule has 3 N–H and O–H groups in total. The van der Waals surface area contributed by atoms with E-state index in [1.54, 1.807) is 4.57 Å². The lowest BCUT2D eigenvalue weighted by atomic mass is 10.2. The highest BCUT2D eigenvalue weighted by molar-refractivity contribution is 6.99. The van der Waals surface area contributed by atoms with Crippen molar-refractivity contribution in [2.24, 2.45) is 0 Å². The van der Waals surface area contributed by atoms with Crippen LogP contribution in [0, 0.1) is 0 Å². The number of aromatic amines is 1. The number of imidazole rings is 1. The van der Waals surface area contributed by atoms with E-state index in [1.165, 1.54) is 16.7 Å². The van der Waals surface area contributed by atoms with Gasteiger partial charge in [0.25, 0.3) is 13.9 Å². The van der Waals surface area contributed by atoms with Gasteiger partial charge < -0.3 is 14.9 Å². The second kappa shape index (κ2) is 9.30. The minimum Gasteiger partial charge on any atom is -0.405 e. The molecule has 0 fully saturated rings. The van der Waals surface area contributed by atoms with Crippen LogP contribution in [0.25, 0.3) is 11.2 Å². The van der Waals surface area contributed by atoms with Crippen LogP contribution in [-0.4, -0.2) is 41.1 Å². The van der Waals surface area contributed by atoms with Crippen molar-refractivity contribution in [2.45, 2.75) is 32.5 Å². The Morgan fingerprint density at radius 3 is 2.18 bits per heavy atom. The molecule has 0 amide bonds. The summed E-state index contributed by atoms with van der Waals surface area (Å²) in [7, 11) is -2.60. The molecule has 0 atom stereocenters. The van der Waals surface area contributed by atoms with Crippen LogP contribution in [-0.2, 0) is 15.9 Å². The van der Waals surface area contributed by atoms with Crippen molar-refractivity contribution in [3.05, 3.63) is 77.3 Å². The minimum absolute atomic E-state index is 0.0456. The Labute approximate surface area is 193 Å². The number of H-pyrrole nitrogens is 1. The Kier molecular flexibility index (Phi) is 6.46. The van der Waals surface area contributed by atoms with E-state index in [0.717, 1.165) is 0 Å². The van der Waals surface area contributed by atoms with E-state index in [1.807, 2.05) is 12.1 Å². The summed E-state index contributed by atoms with van der Waals surface area (Å²) in [5.41, 5.74) is 5.92. The van der Waals surface area contributed by atoms with E-state index in [9.17, 15) is 4.79 Å². The predicted molar refractivity (Wildman–Crippen MR) is 132 cm³/mol. The van der Waals surface area contributed by atoms with Gasteiger partial charge in [0.15, 0.2) is 11.2 Å². The zero-order chi connectivity index (χ0) is 23.5. The van der Waals surface area contributed by atoms with Gasteiger partial charge in [-0.25, -0.2) is 4.98 Å². The summed E-state index contributed by atoms with van der Waals surface area (Å²) in [6.07, 6.45) is 1.52. The highest BCUT2D eigenvalue weighted by Gasteiger charge is 2.49. The number of nitrogens with two attached hydrogens (primary N) is 1. The van der Waals surface area contributed by atoms with Crippen LogP contribution in [0.3, 0.4) is 0 Å². The first-order chi connectivity index (χ1) is 15.8. The van der Waals surface area contributed by atoms with Crippen LogP contribution in [0.4, 0.5) is 5.95 Å². The number of rotatable bonds is 8. The summed E-state index contributed by atoms with van der Waals surface area (Å²) >= 11 is 0. The van der Waals surface area contributed by atoms with Crippen molar-refractivity contribution in [3.8, 4) is 0 Å². The fourth-order valence-electron chi connectivity index (χ4n) is 4.24. The number of nitrogens with one attached hydrogen (secondary N) is 1. The van der Waals surface area contributed by atoms with E-state index in [2.05, 4.69) is 84.3 Å². The quantitative estimate of drug-likeness (QED) is 0.307. The van der Waals surface area contributed by atoms with Crippen molar-refractivity contribution >= 4 is 35.8 Å². The molecular formula is C24H29N5O3Si. The lowest BCUT2D eigenvalue weighted by Gasteiger charge is -2.43. The highest BCUT2D eigenvalue weighted by atomic mass is 28.4. The highest BCUT2D eigenvalue weighted by Crippen LogP contribution is 2.36. The first-order valence-electron chi connectivity index (χ1n) is 10.9. The van der Waals surface area contributed by atoms with Gasteiger partial charge in [-0.15, -0.1) is 0 Å². The Morgan fingerprint density at radius 1 is 1.00 bits per heavy atom. The van der Waals surface area contributed by atoms with Gasteiger partial charge >= 0.3 is 0 Å². The maximum absolute atomic E-state index is 12.0. The third-order valence-corrected chi connectivity index (χ3v) is 10.7. The molecule has 2 aromatic carbocycles. The van der Waals surface area contributed by atoms with Crippen LogP contribution in [0.1, 0.15) is 20.8 Å². The Balaban J connectivity index is 1.52. The van der Waals surface area contributed by atoms with Crippen LogP contribution >= 0.6 is 0 Å². The lowest BCUT2D eigenvalue weighted by molar-refractivity contribution is 0.0535. The van der Waals surface area contributed by atoms with Crippen LogP contribution in [0.2, 0.25) is 5.04 Å². The number of hydrogen-bond acceptors (Lipinski definition) is 6. The van der Waals surface area contributed by atoms with Crippen molar-refractivity contribution in [2.75, 3.05) is 18.9 Å². The van der Waals surface area contributed by atoms with E-state index in [4.69, 9.17) is 14.9 Å². The normalized spacial score (nSPS) is 12.3. The van der Waals surface area contributed by atoms with Gasteiger partial charge in [-0.3, -0.25) is 14.3 Å². The number of nitrogen functional groups attached to an aromatic ring is 1. The lowest BCUT2D eigenvalue weighted by Crippen LogP contribution is -2.66. The molecule has 0 aliphatic carbocycles. The first kappa shape index (κ1) is 22.9. The molecule has 4 aromatic rings. The SMILES string of the molecule is CC(C)(C)[Si](OCCOCn1cnc2c(=O)[nH]c(N)nc21)(c1ccccc1)c1ccccc1. The van der Waals surface area contributed by atoms with E-state index >= 15 is 0 Å². The predicted octanol–water partition coefficient (Wildman–Crippen LogP) is 2.25. The molecule has 9 heteroatoms.